The van der Waals surface area contributed by atoms with Gasteiger partial charge in [0, 0.05) is 31.2 Å². The number of amides is 1. The van der Waals surface area contributed by atoms with Crippen molar-refractivity contribution < 1.29 is 9.53 Å². The number of rotatable bonds is 5. The molecule has 138 valence electrons. The van der Waals surface area contributed by atoms with Gasteiger partial charge < -0.3 is 15.8 Å². The number of morpholine rings is 1. The number of carbonyl (C=O) groups excluding carboxylic acids is 1. The zero-order chi connectivity index (χ0) is 17.8. The average Bonchev–Trinajstić information content (AvgIpc) is 3.01. The van der Waals surface area contributed by atoms with E-state index < -0.39 is 0 Å². The first-order valence-corrected chi connectivity index (χ1v) is 9.53. The summed E-state index contributed by atoms with van der Waals surface area (Å²) in [6.07, 6.45) is 3.87. The second-order valence-corrected chi connectivity index (χ2v) is 7.65. The SMILES string of the molecule is C[C@@H]1CN(Cc2ccc(C(=O)N[C@@H]3CCC[C@@H]3CN)cc2)C[C@@H](C)O1. The Kier molecular flexibility index (Phi) is 6.10. The standard InChI is InChI=1S/C20H31N3O2/c1-14-11-23(12-15(2)25-14)13-16-6-8-17(9-7-16)20(24)22-19-5-3-4-18(19)10-21/h6-9,14-15,18-19H,3-5,10-13,21H2,1-2H3,(H,22,24)/t14-,15-,18-,19-/m1/s1. The number of nitrogens with one attached hydrogen (secondary N) is 1. The Hall–Kier alpha value is -1.43. The van der Waals surface area contributed by atoms with Crippen molar-refractivity contribution in [1.29, 1.82) is 0 Å². The van der Waals surface area contributed by atoms with Crippen LogP contribution in [0.3, 0.4) is 0 Å². The van der Waals surface area contributed by atoms with Crippen LogP contribution in [0.15, 0.2) is 24.3 Å². The quantitative estimate of drug-likeness (QED) is 0.858. The van der Waals surface area contributed by atoms with Crippen molar-refractivity contribution in [3.63, 3.8) is 0 Å². The molecule has 2 fully saturated rings. The van der Waals surface area contributed by atoms with Gasteiger partial charge in [-0.1, -0.05) is 18.6 Å². The Morgan fingerprint density at radius 3 is 2.52 bits per heavy atom. The van der Waals surface area contributed by atoms with Crippen molar-refractivity contribution in [2.24, 2.45) is 11.7 Å². The topological polar surface area (TPSA) is 67.6 Å². The molecule has 5 heteroatoms. The maximum atomic E-state index is 12.5. The first-order valence-electron chi connectivity index (χ1n) is 9.53. The van der Waals surface area contributed by atoms with Crippen LogP contribution < -0.4 is 11.1 Å². The minimum absolute atomic E-state index is 0.0190. The number of carbonyl (C=O) groups is 1. The Bertz CT molecular complexity index is 565. The largest absolute Gasteiger partial charge is 0.373 e. The van der Waals surface area contributed by atoms with Crippen molar-refractivity contribution >= 4 is 5.91 Å². The maximum Gasteiger partial charge on any atom is 0.251 e. The van der Waals surface area contributed by atoms with Gasteiger partial charge in [-0.25, -0.2) is 0 Å². The molecule has 1 aliphatic carbocycles. The second kappa shape index (κ2) is 8.30. The van der Waals surface area contributed by atoms with Gasteiger partial charge in [-0.2, -0.15) is 0 Å². The smallest absolute Gasteiger partial charge is 0.251 e. The fourth-order valence-electron chi connectivity index (χ4n) is 4.19. The summed E-state index contributed by atoms with van der Waals surface area (Å²) in [7, 11) is 0. The molecule has 3 rings (SSSR count). The molecule has 25 heavy (non-hydrogen) atoms. The lowest BCUT2D eigenvalue weighted by Crippen LogP contribution is -2.44. The van der Waals surface area contributed by atoms with Gasteiger partial charge in [0.1, 0.15) is 0 Å². The monoisotopic (exact) mass is 345 g/mol. The molecule has 4 atom stereocenters. The molecule has 1 aromatic rings. The van der Waals surface area contributed by atoms with E-state index in [1.807, 2.05) is 12.1 Å². The molecule has 1 heterocycles. The summed E-state index contributed by atoms with van der Waals surface area (Å²) in [5, 5.41) is 3.16. The van der Waals surface area contributed by atoms with E-state index in [0.29, 0.717) is 12.5 Å². The lowest BCUT2D eigenvalue weighted by Gasteiger charge is -2.35. The summed E-state index contributed by atoms with van der Waals surface area (Å²) in [5.74, 6) is 0.444. The van der Waals surface area contributed by atoms with Crippen LogP contribution in [0.5, 0.6) is 0 Å². The summed E-state index contributed by atoms with van der Waals surface area (Å²) in [6, 6.07) is 8.23. The Labute approximate surface area is 150 Å². The minimum Gasteiger partial charge on any atom is -0.373 e. The van der Waals surface area contributed by atoms with Crippen molar-refractivity contribution in [2.45, 2.75) is 57.9 Å². The number of nitrogens with zero attached hydrogens (tertiary/aromatic N) is 1. The third-order valence-corrected chi connectivity index (χ3v) is 5.40. The van der Waals surface area contributed by atoms with Gasteiger partial charge in [0.2, 0.25) is 0 Å². The normalized spacial score (nSPS) is 30.4. The number of hydrogen-bond acceptors (Lipinski definition) is 4. The summed E-state index contributed by atoms with van der Waals surface area (Å²) in [4.78, 5) is 14.9. The van der Waals surface area contributed by atoms with E-state index in [0.717, 1.165) is 44.5 Å². The zero-order valence-corrected chi connectivity index (χ0v) is 15.4. The minimum atomic E-state index is 0.0190. The van der Waals surface area contributed by atoms with Crippen LogP contribution >= 0.6 is 0 Å². The maximum absolute atomic E-state index is 12.5. The fraction of sp³-hybridized carbons (Fsp3) is 0.650. The molecule has 0 radical (unpaired) electrons. The van der Waals surface area contributed by atoms with E-state index in [1.165, 1.54) is 5.56 Å². The highest BCUT2D eigenvalue weighted by Crippen LogP contribution is 2.25. The molecule has 0 unspecified atom stereocenters. The molecule has 1 aliphatic heterocycles. The summed E-state index contributed by atoms with van der Waals surface area (Å²) >= 11 is 0. The summed E-state index contributed by atoms with van der Waals surface area (Å²) in [6.45, 7) is 7.70. The van der Waals surface area contributed by atoms with Gasteiger partial charge in [0.15, 0.2) is 0 Å². The van der Waals surface area contributed by atoms with Gasteiger partial charge >= 0.3 is 0 Å². The van der Waals surface area contributed by atoms with E-state index in [9.17, 15) is 4.79 Å². The van der Waals surface area contributed by atoms with Crippen LogP contribution in [0.1, 0.15) is 49.0 Å². The van der Waals surface area contributed by atoms with Gasteiger partial charge in [-0.3, -0.25) is 9.69 Å². The van der Waals surface area contributed by atoms with Crippen molar-refractivity contribution in [3.8, 4) is 0 Å². The predicted octanol–water partition coefficient (Wildman–Crippen LogP) is 2.15. The molecule has 0 spiro atoms. The van der Waals surface area contributed by atoms with Crippen molar-refractivity contribution in [1.82, 2.24) is 10.2 Å². The van der Waals surface area contributed by atoms with Crippen LogP contribution in [0.2, 0.25) is 0 Å². The summed E-state index contributed by atoms with van der Waals surface area (Å²) in [5.41, 5.74) is 7.77. The Morgan fingerprint density at radius 1 is 1.20 bits per heavy atom. The van der Waals surface area contributed by atoms with E-state index in [4.69, 9.17) is 10.5 Å². The van der Waals surface area contributed by atoms with Crippen LogP contribution in [0, 0.1) is 5.92 Å². The molecule has 1 saturated heterocycles. The van der Waals surface area contributed by atoms with E-state index >= 15 is 0 Å². The lowest BCUT2D eigenvalue weighted by atomic mass is 10.0. The van der Waals surface area contributed by atoms with Crippen LogP contribution in [-0.4, -0.2) is 48.7 Å². The molecule has 1 amide bonds. The highest BCUT2D eigenvalue weighted by molar-refractivity contribution is 5.94. The number of hydrogen-bond donors (Lipinski definition) is 2. The third kappa shape index (κ3) is 4.81. The molecule has 5 nitrogen and oxygen atoms in total. The molecular weight excluding hydrogens is 314 g/mol. The van der Waals surface area contributed by atoms with Crippen LogP contribution in [-0.2, 0) is 11.3 Å². The average molecular weight is 345 g/mol. The second-order valence-electron chi connectivity index (χ2n) is 7.65. The van der Waals surface area contributed by atoms with Crippen LogP contribution in [0.4, 0.5) is 0 Å². The first-order chi connectivity index (χ1) is 12.0. The predicted molar refractivity (Wildman–Crippen MR) is 99.4 cm³/mol. The third-order valence-electron chi connectivity index (χ3n) is 5.40. The van der Waals surface area contributed by atoms with Gasteiger partial charge in [0.25, 0.3) is 5.91 Å². The zero-order valence-electron chi connectivity index (χ0n) is 15.4. The molecule has 1 saturated carbocycles. The van der Waals surface area contributed by atoms with Crippen molar-refractivity contribution in [2.75, 3.05) is 19.6 Å². The number of benzene rings is 1. The highest BCUT2D eigenvalue weighted by atomic mass is 16.5. The first kappa shape index (κ1) is 18.4. The van der Waals surface area contributed by atoms with E-state index in [-0.39, 0.29) is 24.2 Å². The molecule has 1 aromatic carbocycles. The molecular formula is C20H31N3O2. The van der Waals surface area contributed by atoms with Gasteiger partial charge in [-0.15, -0.1) is 0 Å². The molecule has 2 aliphatic rings. The van der Waals surface area contributed by atoms with Crippen molar-refractivity contribution in [3.05, 3.63) is 35.4 Å². The molecule has 0 bridgehead atoms. The number of nitrogens with two attached hydrogens (primary N) is 1. The van der Waals surface area contributed by atoms with E-state index in [2.05, 4.69) is 36.2 Å². The van der Waals surface area contributed by atoms with E-state index in [1.54, 1.807) is 0 Å². The molecule has 3 N–H and O–H groups in total. The Morgan fingerprint density at radius 2 is 1.88 bits per heavy atom. The molecule has 0 aromatic heterocycles. The summed E-state index contributed by atoms with van der Waals surface area (Å²) < 4.78 is 5.78. The lowest BCUT2D eigenvalue weighted by molar-refractivity contribution is -0.0704. The Balaban J connectivity index is 1.55. The highest BCUT2D eigenvalue weighted by Gasteiger charge is 2.27. The van der Waals surface area contributed by atoms with Gasteiger partial charge in [-0.05, 0) is 56.8 Å². The fourth-order valence-corrected chi connectivity index (χ4v) is 4.19. The van der Waals surface area contributed by atoms with Crippen LogP contribution in [0.25, 0.3) is 0 Å². The van der Waals surface area contributed by atoms with Gasteiger partial charge in [0.05, 0.1) is 12.2 Å². The number of ether oxygens (including phenoxy) is 1.